The van der Waals surface area contributed by atoms with Gasteiger partial charge in [0.05, 0.1) is 0 Å². The molecule has 1 aromatic heterocycles. The summed E-state index contributed by atoms with van der Waals surface area (Å²) in [4.78, 5) is 3.61. The van der Waals surface area contributed by atoms with Gasteiger partial charge < -0.3 is 5.73 Å². The van der Waals surface area contributed by atoms with Crippen LogP contribution in [0.25, 0.3) is 0 Å². The summed E-state index contributed by atoms with van der Waals surface area (Å²) in [6.07, 6.45) is -2.39. The summed E-state index contributed by atoms with van der Waals surface area (Å²) in [5.74, 6) is -2.94. The molecule has 2 nitrogen and oxygen atoms in total. The highest BCUT2D eigenvalue weighted by Crippen LogP contribution is 2.17. The van der Waals surface area contributed by atoms with Crippen molar-refractivity contribution in [1.82, 2.24) is 4.98 Å². The van der Waals surface area contributed by atoms with Gasteiger partial charge in [0.15, 0.2) is 0 Å². The molecule has 0 aliphatic rings. The Labute approximate surface area is 80.1 Å². The molecular formula is C9H14N2. The molecule has 1 aromatic rings. The molecule has 0 radical (unpaired) electrons. The highest BCUT2D eigenvalue weighted by Gasteiger charge is 2.01. The molecule has 2 heteroatoms. The SMILES string of the molecule is [2H]C([2H])([2H])C([2H])([2H])C([2H])(c1ccc(N)nc1)C([2H])([2H])[2H]. The lowest BCUT2D eigenvalue weighted by Crippen LogP contribution is -1.94. The van der Waals surface area contributed by atoms with E-state index >= 15 is 0 Å². The first-order valence-corrected chi connectivity index (χ1v) is 2.97. The van der Waals surface area contributed by atoms with E-state index in [0.29, 0.717) is 0 Å². The fraction of sp³-hybridized carbons (Fsp3) is 0.444. The minimum atomic E-state index is -3.30. The maximum Gasteiger partial charge on any atom is 0.123 e. The molecule has 0 aromatic carbocycles. The molecule has 1 unspecified atom stereocenters. The summed E-state index contributed by atoms with van der Waals surface area (Å²) in [7, 11) is 0. The van der Waals surface area contributed by atoms with Gasteiger partial charge in [-0.2, -0.15) is 0 Å². The number of nitrogen functional groups attached to an aromatic ring is 1. The summed E-state index contributed by atoms with van der Waals surface area (Å²) in [5.41, 5.74) is 4.99. The van der Waals surface area contributed by atoms with Crippen LogP contribution in [0.1, 0.15) is 43.9 Å². The van der Waals surface area contributed by atoms with Gasteiger partial charge >= 0.3 is 0 Å². The molecule has 11 heavy (non-hydrogen) atoms. The van der Waals surface area contributed by atoms with E-state index in [0.717, 1.165) is 12.3 Å². The average Bonchev–Trinajstić information content (AvgIpc) is 2.25. The van der Waals surface area contributed by atoms with Crippen molar-refractivity contribution in [3.05, 3.63) is 23.9 Å². The molecule has 0 bridgehead atoms. The number of hydrogen-bond donors (Lipinski definition) is 1. The van der Waals surface area contributed by atoms with Crippen molar-refractivity contribution in [2.45, 2.75) is 26.0 Å². The van der Waals surface area contributed by atoms with Gasteiger partial charge in [-0.1, -0.05) is 19.8 Å². The summed E-state index contributed by atoms with van der Waals surface area (Å²) in [5, 5.41) is 0. The summed E-state index contributed by atoms with van der Waals surface area (Å²) in [6, 6.07) is 2.30. The van der Waals surface area contributed by atoms with Crippen LogP contribution in [-0.2, 0) is 0 Å². The molecule has 2 N–H and O–H groups in total. The van der Waals surface area contributed by atoms with Gasteiger partial charge in [-0.05, 0) is 23.9 Å². The first kappa shape index (κ1) is 2.22. The molecule has 1 heterocycles. The normalized spacial score (nSPS) is 31.5. The number of hydrogen-bond acceptors (Lipinski definition) is 2. The Hall–Kier alpha value is -1.05. The Morgan fingerprint density at radius 1 is 1.91 bits per heavy atom. The number of nitrogens with two attached hydrogens (primary N) is 1. The number of pyridine rings is 1. The minimum Gasteiger partial charge on any atom is -0.384 e. The van der Waals surface area contributed by atoms with E-state index in [1.165, 1.54) is 6.07 Å². The number of anilines is 1. The minimum absolute atomic E-state index is 0.0519. The predicted molar refractivity (Wildman–Crippen MR) is 47.4 cm³/mol. The zero-order chi connectivity index (χ0) is 16.0. The van der Waals surface area contributed by atoms with Gasteiger partial charge in [0, 0.05) is 18.5 Å². The Kier molecular flexibility index (Phi) is 0.681. The lowest BCUT2D eigenvalue weighted by molar-refractivity contribution is 0.730. The van der Waals surface area contributed by atoms with Crippen LogP contribution in [-0.4, -0.2) is 4.98 Å². The van der Waals surface area contributed by atoms with Gasteiger partial charge in [-0.3, -0.25) is 0 Å². The first-order valence-electron chi connectivity index (χ1n) is 7.47. The van der Waals surface area contributed by atoms with Gasteiger partial charge in [-0.25, -0.2) is 4.98 Å². The molecular weight excluding hydrogens is 136 g/mol. The Bertz CT molecular complexity index is 476. The van der Waals surface area contributed by atoms with Crippen LogP contribution in [0, 0.1) is 0 Å². The van der Waals surface area contributed by atoms with E-state index in [1.54, 1.807) is 0 Å². The van der Waals surface area contributed by atoms with Crippen LogP contribution < -0.4 is 5.73 Å². The van der Waals surface area contributed by atoms with Crippen molar-refractivity contribution in [2.24, 2.45) is 0 Å². The predicted octanol–water partition coefficient (Wildman–Crippen LogP) is 2.18. The van der Waals surface area contributed by atoms with Gasteiger partial charge in [-0.15, -0.1) is 0 Å². The zero-order valence-corrected chi connectivity index (χ0v) is 5.76. The van der Waals surface area contributed by atoms with Crippen molar-refractivity contribution in [2.75, 3.05) is 5.73 Å². The van der Waals surface area contributed by atoms with Gasteiger partial charge in [0.1, 0.15) is 5.82 Å². The van der Waals surface area contributed by atoms with Crippen molar-refractivity contribution >= 4 is 5.82 Å². The van der Waals surface area contributed by atoms with Gasteiger partial charge in [0.25, 0.3) is 0 Å². The first-order chi connectivity index (χ1) is 8.75. The molecule has 0 saturated carbocycles. The van der Waals surface area contributed by atoms with Crippen LogP contribution in [0.5, 0.6) is 0 Å². The van der Waals surface area contributed by atoms with Crippen molar-refractivity contribution in [3.63, 3.8) is 0 Å². The molecule has 0 fully saturated rings. The topological polar surface area (TPSA) is 38.9 Å². The smallest absolute Gasteiger partial charge is 0.123 e. The van der Waals surface area contributed by atoms with Crippen molar-refractivity contribution in [3.8, 4) is 0 Å². The molecule has 0 amide bonds. The zero-order valence-electron chi connectivity index (χ0n) is 14.8. The highest BCUT2D eigenvalue weighted by molar-refractivity contribution is 5.30. The summed E-state index contributed by atoms with van der Waals surface area (Å²) < 4.78 is 67.3. The molecule has 0 aliphatic heterocycles. The number of aromatic nitrogens is 1. The van der Waals surface area contributed by atoms with Crippen molar-refractivity contribution < 1.29 is 12.3 Å². The van der Waals surface area contributed by atoms with E-state index in [1.807, 2.05) is 0 Å². The van der Waals surface area contributed by atoms with E-state index in [4.69, 9.17) is 18.1 Å². The molecule has 60 valence electrons. The molecule has 1 rings (SSSR count). The van der Waals surface area contributed by atoms with E-state index in [9.17, 15) is 0 Å². The fourth-order valence-electron chi connectivity index (χ4n) is 0.625. The maximum absolute atomic E-state index is 8.06. The molecule has 0 aliphatic carbocycles. The van der Waals surface area contributed by atoms with Crippen LogP contribution in [0.4, 0.5) is 5.82 Å². The Morgan fingerprint density at radius 3 is 3.36 bits per heavy atom. The summed E-state index contributed by atoms with van der Waals surface area (Å²) in [6.45, 7) is -6.49. The second-order valence-electron chi connectivity index (χ2n) is 1.97. The standard InChI is InChI=1S/C9H14N2/c1-3-7(2)8-4-5-9(10)11-6-8/h4-7H,3H2,1-2H3,(H2,10,11)/i1D3,2D3,3D2,7D. The van der Waals surface area contributed by atoms with Crippen LogP contribution in [0.3, 0.4) is 0 Å². The lowest BCUT2D eigenvalue weighted by Gasteiger charge is -2.07. The van der Waals surface area contributed by atoms with Crippen LogP contribution in [0.2, 0.25) is 0 Å². The van der Waals surface area contributed by atoms with Gasteiger partial charge in [0.2, 0.25) is 0 Å². The maximum atomic E-state index is 8.06. The quantitative estimate of drug-likeness (QED) is 0.718. The molecule has 0 saturated heterocycles. The van der Waals surface area contributed by atoms with Crippen molar-refractivity contribution in [1.29, 1.82) is 0 Å². The Balaban J connectivity index is 3.58. The number of nitrogens with zero attached hydrogens (tertiary/aromatic N) is 1. The third-order valence-electron chi connectivity index (χ3n) is 1.20. The van der Waals surface area contributed by atoms with Crippen LogP contribution >= 0.6 is 0 Å². The van der Waals surface area contributed by atoms with E-state index < -0.39 is 26.0 Å². The van der Waals surface area contributed by atoms with E-state index in [-0.39, 0.29) is 11.4 Å². The lowest BCUT2D eigenvalue weighted by atomic mass is 10.0. The molecule has 0 spiro atoms. The largest absolute Gasteiger partial charge is 0.384 e. The summed E-state index contributed by atoms with van der Waals surface area (Å²) >= 11 is 0. The second-order valence-corrected chi connectivity index (χ2v) is 1.97. The average molecular weight is 159 g/mol. The Morgan fingerprint density at radius 2 is 2.82 bits per heavy atom. The monoisotopic (exact) mass is 159 g/mol. The van der Waals surface area contributed by atoms with Crippen LogP contribution in [0.15, 0.2) is 18.3 Å². The number of rotatable bonds is 2. The fourth-order valence-corrected chi connectivity index (χ4v) is 0.625. The second kappa shape index (κ2) is 3.37. The van der Waals surface area contributed by atoms with E-state index in [2.05, 4.69) is 4.98 Å². The molecule has 1 atom stereocenters. The third-order valence-corrected chi connectivity index (χ3v) is 1.20. The highest BCUT2D eigenvalue weighted by atomic mass is 14.8. The third kappa shape index (κ3) is 1.93.